The minimum absolute atomic E-state index is 0.707. The average molecular weight is 216 g/mol. The summed E-state index contributed by atoms with van der Waals surface area (Å²) in [4.78, 5) is 26.8. The molecule has 0 aliphatic heterocycles. The molecule has 0 aromatic rings. The van der Waals surface area contributed by atoms with E-state index >= 15 is 0 Å². The zero-order valence-electron chi connectivity index (χ0n) is 6.82. The van der Waals surface area contributed by atoms with Gasteiger partial charge >= 0.3 is 7.82 Å². The second-order valence-corrected chi connectivity index (χ2v) is 3.65. The molecular weight excluding hydrogens is 205 g/mol. The van der Waals surface area contributed by atoms with Crippen LogP contribution in [0.3, 0.4) is 0 Å². The second kappa shape index (κ2) is 4.80. The molecule has 78 valence electrons. The molecular formula is C5H11O7P. The van der Waals surface area contributed by atoms with Gasteiger partial charge in [-0.25, -0.2) is 4.57 Å². The highest BCUT2D eigenvalue weighted by Gasteiger charge is 2.24. The molecule has 0 fully saturated rings. The summed E-state index contributed by atoms with van der Waals surface area (Å²) >= 11 is 0. The van der Waals surface area contributed by atoms with Gasteiger partial charge < -0.3 is 20.0 Å². The molecule has 13 heavy (non-hydrogen) atoms. The Morgan fingerprint density at radius 1 is 1.46 bits per heavy atom. The van der Waals surface area contributed by atoms with E-state index in [0.29, 0.717) is 0 Å². The standard InChI is InChI=1S/C5H11O7P/c1-3(6)5(8)4(7)2-12-13(9,10)11/h4-5,7-8H,2H2,1H3,(H2,9,10,11)/t4-,5-/m1/s1/i1+1,2+1. The number of hydrogen-bond acceptors (Lipinski definition) is 5. The number of carbonyl (C=O) groups is 1. The second-order valence-electron chi connectivity index (χ2n) is 2.41. The third-order valence-corrected chi connectivity index (χ3v) is 1.68. The maximum absolute atomic E-state index is 10.5. The number of Topliss-reactive ketones (excluding diaryl/α,β-unsaturated/α-hetero) is 1. The van der Waals surface area contributed by atoms with Crippen LogP contribution in [-0.4, -0.2) is 44.6 Å². The first-order chi connectivity index (χ1) is 5.74. The first-order valence-corrected chi connectivity index (χ1v) is 4.83. The predicted molar refractivity (Wildman–Crippen MR) is 40.7 cm³/mol. The molecule has 8 heteroatoms. The Labute approximate surface area is 74.2 Å². The molecule has 0 bridgehead atoms. The number of hydrogen-bond donors (Lipinski definition) is 4. The summed E-state index contributed by atoms with van der Waals surface area (Å²) in [7, 11) is -4.67. The van der Waals surface area contributed by atoms with Crippen LogP contribution < -0.4 is 0 Å². The van der Waals surface area contributed by atoms with Crippen molar-refractivity contribution in [2.75, 3.05) is 6.61 Å². The van der Waals surface area contributed by atoms with E-state index in [4.69, 9.17) is 20.0 Å². The molecule has 0 spiro atoms. The van der Waals surface area contributed by atoms with Gasteiger partial charge in [-0.05, 0) is 6.92 Å². The van der Waals surface area contributed by atoms with Crippen LogP contribution in [0.25, 0.3) is 0 Å². The Balaban J connectivity index is 3.95. The van der Waals surface area contributed by atoms with Gasteiger partial charge in [0.05, 0.1) is 6.61 Å². The van der Waals surface area contributed by atoms with Crippen LogP contribution in [0.1, 0.15) is 6.92 Å². The molecule has 0 aliphatic rings. The maximum atomic E-state index is 10.5. The van der Waals surface area contributed by atoms with E-state index in [-0.39, 0.29) is 0 Å². The van der Waals surface area contributed by atoms with E-state index in [2.05, 4.69) is 4.52 Å². The van der Waals surface area contributed by atoms with E-state index in [9.17, 15) is 9.36 Å². The summed E-state index contributed by atoms with van der Waals surface area (Å²) < 4.78 is 14.0. The lowest BCUT2D eigenvalue weighted by molar-refractivity contribution is -0.132. The van der Waals surface area contributed by atoms with Gasteiger partial charge in [0.2, 0.25) is 0 Å². The highest BCUT2D eigenvalue weighted by Crippen LogP contribution is 2.35. The molecule has 7 nitrogen and oxygen atoms in total. The number of carbonyl (C=O) groups excluding carboxylic acids is 1. The number of ketones is 1. The molecule has 0 heterocycles. The van der Waals surface area contributed by atoms with Crippen molar-refractivity contribution in [1.29, 1.82) is 0 Å². The lowest BCUT2D eigenvalue weighted by Crippen LogP contribution is -2.35. The van der Waals surface area contributed by atoms with E-state index in [1.165, 1.54) is 0 Å². The van der Waals surface area contributed by atoms with Crippen molar-refractivity contribution < 1.29 is 33.9 Å². The van der Waals surface area contributed by atoms with Gasteiger partial charge in [0.1, 0.15) is 12.2 Å². The van der Waals surface area contributed by atoms with E-state index in [1.54, 1.807) is 0 Å². The van der Waals surface area contributed by atoms with Crippen LogP contribution in [0.4, 0.5) is 0 Å². The van der Waals surface area contributed by atoms with Crippen molar-refractivity contribution in [2.24, 2.45) is 0 Å². The molecule has 0 aliphatic carbocycles. The van der Waals surface area contributed by atoms with Crippen LogP contribution in [0.15, 0.2) is 0 Å². The Hall–Kier alpha value is -0.300. The number of phosphoric ester groups is 1. The number of aliphatic hydroxyl groups excluding tert-OH is 2. The van der Waals surface area contributed by atoms with Gasteiger partial charge in [0.15, 0.2) is 5.78 Å². The minimum Gasteiger partial charge on any atom is -0.388 e. The summed E-state index contributed by atoms with van der Waals surface area (Å²) in [5.41, 5.74) is 0. The van der Waals surface area contributed by atoms with Crippen molar-refractivity contribution in [1.82, 2.24) is 0 Å². The monoisotopic (exact) mass is 216 g/mol. The van der Waals surface area contributed by atoms with Gasteiger partial charge in [-0.3, -0.25) is 9.32 Å². The fourth-order valence-electron chi connectivity index (χ4n) is 0.536. The van der Waals surface area contributed by atoms with Gasteiger partial charge in [-0.2, -0.15) is 0 Å². The highest BCUT2D eigenvalue weighted by atomic mass is 31.2. The molecule has 0 aromatic carbocycles. The van der Waals surface area contributed by atoms with Crippen molar-refractivity contribution in [3.63, 3.8) is 0 Å². The average Bonchev–Trinajstić information content (AvgIpc) is 1.97. The molecule has 0 amide bonds. The van der Waals surface area contributed by atoms with Crippen molar-refractivity contribution in [3.05, 3.63) is 0 Å². The quantitative estimate of drug-likeness (QED) is 0.322. The summed E-state index contributed by atoms with van der Waals surface area (Å²) in [6.45, 7) is 0.233. The van der Waals surface area contributed by atoms with E-state index < -0.39 is 32.4 Å². The van der Waals surface area contributed by atoms with Crippen LogP contribution >= 0.6 is 7.82 Å². The normalized spacial score (nSPS) is 16.7. The summed E-state index contributed by atoms with van der Waals surface area (Å²) in [5, 5.41) is 17.8. The smallest absolute Gasteiger partial charge is 0.388 e. The zero-order valence-corrected chi connectivity index (χ0v) is 7.72. The van der Waals surface area contributed by atoms with Crippen molar-refractivity contribution >= 4 is 13.6 Å². The predicted octanol–water partition coefficient (Wildman–Crippen LogP) is -1.59. The molecule has 0 saturated carbocycles. The number of aliphatic hydroxyl groups is 2. The fourth-order valence-corrected chi connectivity index (χ4v) is 0.882. The van der Waals surface area contributed by atoms with Crippen LogP contribution in [0, 0.1) is 0 Å². The first-order valence-electron chi connectivity index (χ1n) is 3.30. The fraction of sp³-hybridized carbons (Fsp3) is 0.800. The van der Waals surface area contributed by atoms with Gasteiger partial charge in [-0.1, -0.05) is 0 Å². The van der Waals surface area contributed by atoms with Gasteiger partial charge in [0, 0.05) is 0 Å². The topological polar surface area (TPSA) is 124 Å². The molecule has 0 unspecified atom stereocenters. The summed E-state index contributed by atoms with van der Waals surface area (Å²) in [5.74, 6) is -0.707. The highest BCUT2D eigenvalue weighted by molar-refractivity contribution is 7.46. The zero-order chi connectivity index (χ0) is 10.6. The first kappa shape index (κ1) is 12.7. The minimum atomic E-state index is -4.67. The van der Waals surface area contributed by atoms with Crippen molar-refractivity contribution in [3.8, 4) is 0 Å². The molecule has 0 saturated heterocycles. The Morgan fingerprint density at radius 3 is 2.23 bits per heavy atom. The van der Waals surface area contributed by atoms with E-state index in [0.717, 1.165) is 6.92 Å². The van der Waals surface area contributed by atoms with Gasteiger partial charge in [-0.15, -0.1) is 0 Å². The summed E-state index contributed by atoms with van der Waals surface area (Å²) in [6, 6.07) is 0. The van der Waals surface area contributed by atoms with Crippen LogP contribution in [-0.2, 0) is 13.9 Å². The number of phosphoric acid groups is 1. The summed E-state index contributed by atoms with van der Waals surface area (Å²) in [6.07, 6.45) is -3.32. The molecule has 2 atom stereocenters. The third kappa shape index (κ3) is 5.87. The van der Waals surface area contributed by atoms with Gasteiger partial charge in [0.25, 0.3) is 0 Å². The number of rotatable bonds is 5. The Kier molecular flexibility index (Phi) is 4.69. The largest absolute Gasteiger partial charge is 0.469 e. The molecule has 0 aromatic heterocycles. The Morgan fingerprint density at radius 2 is 1.92 bits per heavy atom. The third-order valence-electron chi connectivity index (χ3n) is 1.19. The molecule has 0 radical (unpaired) electrons. The molecule has 0 rings (SSSR count). The lowest BCUT2D eigenvalue weighted by atomic mass is 10.2. The Bertz CT molecular complexity index is 221. The SMILES string of the molecule is [13CH3]C(=O)[C@@H](O)[C@H](O)[13CH2]OP(=O)(O)O. The molecule has 4 N–H and O–H groups in total. The lowest BCUT2D eigenvalue weighted by Gasteiger charge is -2.15. The van der Waals surface area contributed by atoms with Crippen molar-refractivity contribution in [2.45, 2.75) is 19.1 Å². The van der Waals surface area contributed by atoms with Crippen LogP contribution in [0.5, 0.6) is 0 Å². The van der Waals surface area contributed by atoms with Crippen LogP contribution in [0.2, 0.25) is 0 Å². The van der Waals surface area contributed by atoms with E-state index in [1.807, 2.05) is 0 Å². The maximum Gasteiger partial charge on any atom is 0.469 e.